The number of benzene rings is 2. The first kappa shape index (κ1) is 21.9. The lowest BCUT2D eigenvalue weighted by atomic mass is 9.76. The zero-order valence-corrected chi connectivity index (χ0v) is 17.7. The number of alkyl halides is 3. The third-order valence-corrected chi connectivity index (χ3v) is 7.42. The van der Waals surface area contributed by atoms with Crippen LogP contribution in [0.3, 0.4) is 0 Å². The number of fused-ring (bicyclic) bond motifs is 1. The van der Waals surface area contributed by atoms with Gasteiger partial charge in [0.25, 0.3) is 0 Å². The lowest BCUT2D eigenvalue weighted by Gasteiger charge is -2.44. The van der Waals surface area contributed by atoms with Crippen LogP contribution in [0.25, 0.3) is 22.0 Å². The summed E-state index contributed by atoms with van der Waals surface area (Å²) in [5, 5.41) is 17.1. The molecule has 2 aromatic carbocycles. The number of aliphatic hydroxyl groups is 1. The molecule has 0 saturated heterocycles. The number of anilines is 1. The van der Waals surface area contributed by atoms with E-state index in [4.69, 9.17) is 17.3 Å². The van der Waals surface area contributed by atoms with Crippen LogP contribution >= 0.6 is 11.6 Å². The van der Waals surface area contributed by atoms with Crippen molar-refractivity contribution in [3.05, 3.63) is 40.9 Å². The number of halogens is 4. The van der Waals surface area contributed by atoms with Crippen LogP contribution in [-0.2, 0) is 10.0 Å². The third-order valence-electron chi connectivity index (χ3n) is 5.51. The zero-order chi connectivity index (χ0) is 22.8. The van der Waals surface area contributed by atoms with Gasteiger partial charge in [0, 0.05) is 24.4 Å². The molecule has 12 heteroatoms. The Kier molecular flexibility index (Phi) is 5.00. The summed E-state index contributed by atoms with van der Waals surface area (Å²) < 4.78 is 65.7. The number of aromatic nitrogens is 2. The standard InChI is InChI=1S/C19H18ClF3N4O3S/c1-9-6-11(31(29,30)27-10-7-18(28,8-10)19(21,22)23)2-3-12(9)13-4-5-14-15(16(13)20)17(24)26-25-14/h2-6,10,27-28H,7-8H2,1H3,(H3,24,25,26)/t10-,18+. The van der Waals surface area contributed by atoms with Crippen molar-refractivity contribution >= 4 is 38.3 Å². The molecule has 1 aliphatic rings. The van der Waals surface area contributed by atoms with E-state index in [-0.39, 0.29) is 10.7 Å². The van der Waals surface area contributed by atoms with E-state index in [2.05, 4.69) is 14.9 Å². The number of aromatic amines is 1. The van der Waals surface area contributed by atoms with Crippen LogP contribution in [0.5, 0.6) is 0 Å². The molecule has 5 N–H and O–H groups in total. The highest BCUT2D eigenvalue weighted by atomic mass is 35.5. The van der Waals surface area contributed by atoms with Crippen molar-refractivity contribution in [3.63, 3.8) is 0 Å². The average Bonchev–Trinajstić information content (AvgIpc) is 3.02. The molecule has 1 aliphatic carbocycles. The topological polar surface area (TPSA) is 121 Å². The highest BCUT2D eigenvalue weighted by molar-refractivity contribution is 7.89. The number of nitrogen functional groups attached to an aromatic ring is 1. The van der Waals surface area contributed by atoms with E-state index in [1.54, 1.807) is 25.1 Å². The van der Waals surface area contributed by atoms with Gasteiger partial charge in [-0.05, 0) is 36.2 Å². The van der Waals surface area contributed by atoms with E-state index in [0.29, 0.717) is 32.6 Å². The number of H-pyrrole nitrogens is 1. The van der Waals surface area contributed by atoms with Crippen molar-refractivity contribution in [3.8, 4) is 11.1 Å². The minimum absolute atomic E-state index is 0.101. The normalized spacial score (nSPS) is 21.9. The van der Waals surface area contributed by atoms with Crippen LogP contribution in [0.2, 0.25) is 5.02 Å². The van der Waals surface area contributed by atoms with Crippen molar-refractivity contribution in [2.75, 3.05) is 5.73 Å². The molecule has 0 aliphatic heterocycles. The van der Waals surface area contributed by atoms with Gasteiger partial charge in [0.1, 0.15) is 0 Å². The van der Waals surface area contributed by atoms with Crippen molar-refractivity contribution in [2.45, 2.75) is 42.5 Å². The van der Waals surface area contributed by atoms with Gasteiger partial charge in [0.05, 0.1) is 20.8 Å². The summed E-state index contributed by atoms with van der Waals surface area (Å²) in [6.07, 6.45) is -6.25. The fourth-order valence-corrected chi connectivity index (χ4v) is 5.45. The van der Waals surface area contributed by atoms with E-state index in [9.17, 15) is 26.7 Å². The van der Waals surface area contributed by atoms with Gasteiger partial charge in [-0.2, -0.15) is 18.3 Å². The minimum Gasteiger partial charge on any atom is -0.382 e. The lowest BCUT2D eigenvalue weighted by Crippen LogP contribution is -2.62. The Balaban J connectivity index is 1.60. The molecule has 0 amide bonds. The third kappa shape index (κ3) is 3.65. The summed E-state index contributed by atoms with van der Waals surface area (Å²) >= 11 is 6.50. The Morgan fingerprint density at radius 1 is 1.26 bits per heavy atom. The summed E-state index contributed by atoms with van der Waals surface area (Å²) in [4.78, 5) is -0.101. The molecule has 0 spiro atoms. The fraction of sp³-hybridized carbons (Fsp3) is 0.316. The Labute approximate surface area is 180 Å². The SMILES string of the molecule is Cc1cc(S(=O)(=O)N[C@H]2C[C@](O)(C(F)(F)F)C2)ccc1-c1ccc2[nH]nc(N)c2c1Cl. The maximum atomic E-state index is 12.8. The molecule has 1 aromatic heterocycles. The molecule has 0 unspecified atom stereocenters. The van der Waals surface area contributed by atoms with E-state index in [1.165, 1.54) is 12.1 Å². The summed E-state index contributed by atoms with van der Waals surface area (Å²) in [5.74, 6) is 0.238. The van der Waals surface area contributed by atoms with E-state index in [0.717, 1.165) is 0 Å². The number of hydrogen-bond acceptors (Lipinski definition) is 5. The van der Waals surface area contributed by atoms with Gasteiger partial charge in [-0.25, -0.2) is 13.1 Å². The quantitative estimate of drug-likeness (QED) is 0.461. The molecule has 1 heterocycles. The van der Waals surface area contributed by atoms with Gasteiger partial charge >= 0.3 is 6.18 Å². The monoisotopic (exact) mass is 474 g/mol. The van der Waals surface area contributed by atoms with Crippen molar-refractivity contribution in [1.29, 1.82) is 0 Å². The number of nitrogens with zero attached hydrogens (tertiary/aromatic N) is 1. The van der Waals surface area contributed by atoms with Gasteiger partial charge in [-0.1, -0.05) is 23.7 Å². The molecule has 3 aromatic rings. The molecular weight excluding hydrogens is 457 g/mol. The minimum atomic E-state index is -4.80. The lowest BCUT2D eigenvalue weighted by molar-refractivity contribution is -0.290. The number of nitrogens with two attached hydrogens (primary N) is 1. The van der Waals surface area contributed by atoms with Gasteiger partial charge < -0.3 is 10.8 Å². The predicted molar refractivity (Wildman–Crippen MR) is 110 cm³/mol. The number of hydrogen-bond donors (Lipinski definition) is 4. The van der Waals surface area contributed by atoms with Crippen LogP contribution in [-0.4, -0.2) is 41.5 Å². The molecule has 1 saturated carbocycles. The van der Waals surface area contributed by atoms with E-state index in [1.807, 2.05) is 0 Å². The number of nitrogens with one attached hydrogen (secondary N) is 2. The maximum Gasteiger partial charge on any atom is 0.417 e. The summed E-state index contributed by atoms with van der Waals surface area (Å²) in [5.41, 5.74) is 5.54. The number of aryl methyl sites for hydroxylation is 1. The van der Waals surface area contributed by atoms with Crippen molar-refractivity contribution in [1.82, 2.24) is 14.9 Å². The van der Waals surface area contributed by atoms with Gasteiger partial charge in [0.2, 0.25) is 10.0 Å². The first-order valence-corrected chi connectivity index (χ1v) is 11.0. The Bertz CT molecular complexity index is 1280. The molecule has 31 heavy (non-hydrogen) atoms. The largest absolute Gasteiger partial charge is 0.417 e. The molecule has 0 atom stereocenters. The van der Waals surface area contributed by atoms with Gasteiger partial charge in [-0.3, -0.25) is 5.10 Å². The molecule has 0 bridgehead atoms. The first-order valence-electron chi connectivity index (χ1n) is 9.17. The molecule has 1 fully saturated rings. The second-order valence-electron chi connectivity index (χ2n) is 7.69. The molecule has 4 rings (SSSR count). The second-order valence-corrected chi connectivity index (χ2v) is 9.78. The van der Waals surface area contributed by atoms with Gasteiger partial charge in [-0.15, -0.1) is 0 Å². The molecule has 0 radical (unpaired) electrons. The van der Waals surface area contributed by atoms with E-state index >= 15 is 0 Å². The Hall–Kier alpha value is -2.34. The number of rotatable bonds is 4. The molecular formula is C19H18ClF3N4O3S. The number of sulfonamides is 1. The summed E-state index contributed by atoms with van der Waals surface area (Å²) in [6.45, 7) is 1.69. The predicted octanol–water partition coefficient (Wildman–Crippen LogP) is 3.51. The van der Waals surface area contributed by atoms with Crippen LogP contribution in [0.1, 0.15) is 18.4 Å². The summed E-state index contributed by atoms with van der Waals surface area (Å²) in [7, 11) is -4.08. The summed E-state index contributed by atoms with van der Waals surface area (Å²) in [6, 6.07) is 6.83. The van der Waals surface area contributed by atoms with Crippen LogP contribution < -0.4 is 10.5 Å². The molecule has 166 valence electrons. The average molecular weight is 475 g/mol. The van der Waals surface area contributed by atoms with Crippen molar-refractivity contribution in [2.24, 2.45) is 0 Å². The maximum absolute atomic E-state index is 12.8. The highest BCUT2D eigenvalue weighted by Crippen LogP contribution is 2.45. The molecule has 7 nitrogen and oxygen atoms in total. The van der Waals surface area contributed by atoms with Gasteiger partial charge in [0.15, 0.2) is 11.4 Å². The first-order chi connectivity index (χ1) is 14.3. The zero-order valence-electron chi connectivity index (χ0n) is 16.1. The second kappa shape index (κ2) is 7.09. The van der Waals surface area contributed by atoms with Crippen LogP contribution in [0.15, 0.2) is 35.2 Å². The van der Waals surface area contributed by atoms with Crippen molar-refractivity contribution < 1.29 is 26.7 Å². The fourth-order valence-electron chi connectivity index (χ4n) is 3.77. The van der Waals surface area contributed by atoms with E-state index < -0.39 is 40.7 Å². The Morgan fingerprint density at radius 3 is 2.52 bits per heavy atom. The smallest absolute Gasteiger partial charge is 0.382 e. The van der Waals surface area contributed by atoms with Crippen LogP contribution in [0, 0.1) is 6.92 Å². The van der Waals surface area contributed by atoms with Crippen LogP contribution in [0.4, 0.5) is 19.0 Å². The Morgan fingerprint density at radius 2 is 1.90 bits per heavy atom. The highest BCUT2D eigenvalue weighted by Gasteiger charge is 2.61.